The van der Waals surface area contributed by atoms with E-state index < -0.39 is 11.5 Å². The highest BCUT2D eigenvalue weighted by Gasteiger charge is 2.18. The Labute approximate surface area is 136 Å². The standard InChI is InChI=1S/C19H22O4/c1-19(2,3)13-7-4-12(5-8-13)6-9-15(21)18-16(22)10-14(20)11-17(18)23/h4-5,7-8,10-11,20,22-23H,6,9H2,1-3H3. The van der Waals surface area contributed by atoms with E-state index in [0.717, 1.165) is 17.7 Å². The zero-order chi connectivity index (χ0) is 17.2. The van der Waals surface area contributed by atoms with Crippen LogP contribution in [0.4, 0.5) is 0 Å². The molecular weight excluding hydrogens is 292 g/mol. The number of ketones is 1. The molecule has 0 saturated carbocycles. The Kier molecular flexibility index (Phi) is 4.64. The van der Waals surface area contributed by atoms with Crippen LogP contribution in [0.1, 0.15) is 48.7 Å². The van der Waals surface area contributed by atoms with Crippen LogP contribution in [0.2, 0.25) is 0 Å². The molecule has 0 fully saturated rings. The van der Waals surface area contributed by atoms with Gasteiger partial charge in [-0.05, 0) is 23.0 Å². The predicted molar refractivity (Wildman–Crippen MR) is 89.2 cm³/mol. The average molecular weight is 314 g/mol. The molecule has 23 heavy (non-hydrogen) atoms. The molecule has 122 valence electrons. The molecule has 2 rings (SSSR count). The summed E-state index contributed by atoms with van der Waals surface area (Å²) in [6, 6.07) is 10.2. The molecule has 4 nitrogen and oxygen atoms in total. The summed E-state index contributed by atoms with van der Waals surface area (Å²) in [6.07, 6.45) is 0.684. The molecular formula is C19H22O4. The quantitative estimate of drug-likeness (QED) is 0.748. The monoisotopic (exact) mass is 314 g/mol. The van der Waals surface area contributed by atoms with Gasteiger partial charge >= 0.3 is 0 Å². The minimum atomic E-state index is -0.407. The van der Waals surface area contributed by atoms with Crippen molar-refractivity contribution < 1.29 is 20.1 Å². The van der Waals surface area contributed by atoms with Crippen molar-refractivity contribution in [1.29, 1.82) is 0 Å². The van der Waals surface area contributed by atoms with E-state index in [9.17, 15) is 20.1 Å². The Morgan fingerprint density at radius 2 is 1.48 bits per heavy atom. The molecule has 0 atom stereocenters. The Morgan fingerprint density at radius 1 is 0.957 bits per heavy atom. The van der Waals surface area contributed by atoms with Gasteiger partial charge in [0, 0.05) is 18.6 Å². The highest BCUT2D eigenvalue weighted by atomic mass is 16.3. The molecule has 0 amide bonds. The van der Waals surface area contributed by atoms with Gasteiger partial charge in [-0.25, -0.2) is 0 Å². The number of carbonyl (C=O) groups excluding carboxylic acids is 1. The van der Waals surface area contributed by atoms with Crippen LogP contribution < -0.4 is 0 Å². The van der Waals surface area contributed by atoms with Crippen molar-refractivity contribution in [3.05, 3.63) is 53.1 Å². The molecule has 0 saturated heterocycles. The second kappa shape index (κ2) is 6.32. The molecule has 0 unspecified atom stereocenters. The van der Waals surface area contributed by atoms with E-state index in [1.807, 2.05) is 12.1 Å². The lowest BCUT2D eigenvalue weighted by atomic mass is 9.86. The van der Waals surface area contributed by atoms with Gasteiger partial charge in [-0.2, -0.15) is 0 Å². The highest BCUT2D eigenvalue weighted by molar-refractivity contribution is 6.01. The maximum Gasteiger partial charge on any atom is 0.170 e. The molecule has 0 bridgehead atoms. The van der Waals surface area contributed by atoms with Gasteiger partial charge in [0.05, 0.1) is 0 Å². The van der Waals surface area contributed by atoms with Crippen LogP contribution in [-0.4, -0.2) is 21.1 Å². The van der Waals surface area contributed by atoms with Crippen LogP contribution in [0.3, 0.4) is 0 Å². The summed E-state index contributed by atoms with van der Waals surface area (Å²) < 4.78 is 0. The number of hydrogen-bond donors (Lipinski definition) is 3. The average Bonchev–Trinajstić information content (AvgIpc) is 2.43. The van der Waals surface area contributed by atoms with E-state index in [0.29, 0.717) is 6.42 Å². The highest BCUT2D eigenvalue weighted by Crippen LogP contribution is 2.33. The first kappa shape index (κ1) is 16.9. The van der Waals surface area contributed by atoms with Gasteiger partial charge in [-0.1, -0.05) is 45.0 Å². The van der Waals surface area contributed by atoms with Crippen LogP contribution in [-0.2, 0) is 11.8 Å². The van der Waals surface area contributed by atoms with Crippen LogP contribution in [0.15, 0.2) is 36.4 Å². The molecule has 2 aromatic carbocycles. The minimum Gasteiger partial charge on any atom is -0.508 e. The topological polar surface area (TPSA) is 77.8 Å². The van der Waals surface area contributed by atoms with Crippen molar-refractivity contribution in [3.8, 4) is 17.2 Å². The molecule has 3 N–H and O–H groups in total. The number of carbonyl (C=O) groups is 1. The van der Waals surface area contributed by atoms with E-state index in [1.165, 1.54) is 5.56 Å². The number of phenolic OH excluding ortho intramolecular Hbond substituents is 3. The SMILES string of the molecule is CC(C)(C)c1ccc(CCC(=O)c2c(O)cc(O)cc2O)cc1. The fourth-order valence-corrected chi connectivity index (χ4v) is 2.44. The largest absolute Gasteiger partial charge is 0.508 e. The van der Waals surface area contributed by atoms with Gasteiger partial charge in [-0.15, -0.1) is 0 Å². The number of hydrogen-bond acceptors (Lipinski definition) is 4. The summed E-state index contributed by atoms with van der Waals surface area (Å²) >= 11 is 0. The zero-order valence-corrected chi connectivity index (χ0v) is 13.6. The van der Waals surface area contributed by atoms with E-state index in [-0.39, 0.29) is 28.9 Å². The second-order valence-corrected chi connectivity index (χ2v) is 6.73. The van der Waals surface area contributed by atoms with Crippen LogP contribution in [0.5, 0.6) is 17.2 Å². The van der Waals surface area contributed by atoms with E-state index in [2.05, 4.69) is 32.9 Å². The lowest BCUT2D eigenvalue weighted by molar-refractivity contribution is 0.0977. The minimum absolute atomic E-state index is 0.0813. The van der Waals surface area contributed by atoms with Gasteiger partial charge in [0.1, 0.15) is 22.8 Å². The molecule has 0 aliphatic heterocycles. The lowest BCUT2D eigenvalue weighted by Crippen LogP contribution is -2.10. The van der Waals surface area contributed by atoms with E-state index >= 15 is 0 Å². The molecule has 0 radical (unpaired) electrons. The van der Waals surface area contributed by atoms with Crippen LogP contribution >= 0.6 is 0 Å². The Hall–Kier alpha value is -2.49. The van der Waals surface area contributed by atoms with Crippen molar-refractivity contribution in [2.45, 2.75) is 39.0 Å². The summed E-state index contributed by atoms with van der Waals surface area (Å²) in [5, 5.41) is 28.7. The molecule has 0 spiro atoms. The normalized spacial score (nSPS) is 11.4. The second-order valence-electron chi connectivity index (χ2n) is 6.73. The van der Waals surface area contributed by atoms with Crippen LogP contribution in [0.25, 0.3) is 0 Å². The van der Waals surface area contributed by atoms with Crippen LogP contribution in [0, 0.1) is 0 Å². The number of rotatable bonds is 4. The summed E-state index contributed by atoms with van der Waals surface area (Å²) in [6.45, 7) is 6.42. The van der Waals surface area contributed by atoms with Gasteiger partial charge in [0.15, 0.2) is 5.78 Å². The summed E-state index contributed by atoms with van der Waals surface area (Å²) in [4.78, 5) is 12.2. The smallest absolute Gasteiger partial charge is 0.170 e. The maximum atomic E-state index is 12.2. The molecule has 0 aromatic heterocycles. The van der Waals surface area contributed by atoms with Crippen molar-refractivity contribution >= 4 is 5.78 Å². The van der Waals surface area contributed by atoms with Gasteiger partial charge in [0.25, 0.3) is 0 Å². The molecule has 2 aromatic rings. The first-order valence-corrected chi connectivity index (χ1v) is 7.56. The number of aryl methyl sites for hydroxylation is 1. The van der Waals surface area contributed by atoms with Gasteiger partial charge in [0.2, 0.25) is 0 Å². The first-order chi connectivity index (χ1) is 10.7. The molecule has 0 aliphatic rings. The molecule has 0 aliphatic carbocycles. The van der Waals surface area contributed by atoms with Crippen molar-refractivity contribution in [2.24, 2.45) is 0 Å². The van der Waals surface area contributed by atoms with Crippen molar-refractivity contribution in [1.82, 2.24) is 0 Å². The predicted octanol–water partition coefficient (Wildman–Crippen LogP) is 3.92. The third-order valence-corrected chi connectivity index (χ3v) is 3.82. The lowest BCUT2D eigenvalue weighted by Gasteiger charge is -2.19. The van der Waals surface area contributed by atoms with E-state index in [1.54, 1.807) is 0 Å². The number of phenols is 3. The Balaban J connectivity index is 2.08. The Morgan fingerprint density at radius 3 is 1.96 bits per heavy atom. The molecule has 0 heterocycles. The summed E-state index contributed by atoms with van der Waals surface area (Å²) in [7, 11) is 0. The summed E-state index contributed by atoms with van der Waals surface area (Å²) in [5.41, 5.74) is 2.18. The first-order valence-electron chi connectivity index (χ1n) is 7.56. The number of aromatic hydroxyl groups is 3. The Bertz CT molecular complexity index is 686. The fourth-order valence-electron chi connectivity index (χ4n) is 2.44. The maximum absolute atomic E-state index is 12.2. The third-order valence-electron chi connectivity index (χ3n) is 3.82. The molecule has 4 heteroatoms. The zero-order valence-electron chi connectivity index (χ0n) is 13.6. The fraction of sp³-hybridized carbons (Fsp3) is 0.316. The van der Waals surface area contributed by atoms with E-state index in [4.69, 9.17) is 0 Å². The summed E-state index contributed by atoms with van der Waals surface area (Å²) in [5.74, 6) is -1.46. The van der Waals surface area contributed by atoms with Gasteiger partial charge < -0.3 is 15.3 Å². The van der Waals surface area contributed by atoms with Gasteiger partial charge in [-0.3, -0.25) is 4.79 Å². The number of Topliss-reactive ketones (excluding diaryl/α,β-unsaturated/α-hetero) is 1. The van der Waals surface area contributed by atoms with Crippen molar-refractivity contribution in [3.63, 3.8) is 0 Å². The number of benzene rings is 2. The van der Waals surface area contributed by atoms with Crippen molar-refractivity contribution in [2.75, 3.05) is 0 Å². The third kappa shape index (κ3) is 4.03.